The molecule has 0 radical (unpaired) electrons. The molecule has 2 fully saturated rings. The molecule has 1 aromatic rings. The van der Waals surface area contributed by atoms with Crippen molar-refractivity contribution < 1.29 is 13.6 Å². The fourth-order valence-corrected chi connectivity index (χ4v) is 3.14. The number of hydrogen-bond donors (Lipinski definition) is 3. The number of nitrogens with one attached hydrogen (secondary N) is 3. The van der Waals surface area contributed by atoms with Crippen LogP contribution in [0, 0.1) is 0 Å². The molecule has 7 heteroatoms. The number of nitrogens with zero attached hydrogens (tertiary/aromatic N) is 1. The van der Waals surface area contributed by atoms with Crippen molar-refractivity contribution in [3.05, 3.63) is 11.8 Å². The summed E-state index contributed by atoms with van der Waals surface area (Å²) in [5, 5.41) is 12.2. The van der Waals surface area contributed by atoms with Gasteiger partial charge in [-0.05, 0) is 12.8 Å². The van der Waals surface area contributed by atoms with E-state index < -0.39 is 30.8 Å². The van der Waals surface area contributed by atoms with Gasteiger partial charge in [0.05, 0.1) is 12.6 Å². The highest BCUT2D eigenvalue weighted by molar-refractivity contribution is 5.94. The quantitative estimate of drug-likeness (QED) is 0.802. The second-order valence-electron chi connectivity index (χ2n) is 6.03. The van der Waals surface area contributed by atoms with E-state index in [2.05, 4.69) is 20.8 Å². The third-order valence-corrected chi connectivity index (χ3v) is 4.32. The van der Waals surface area contributed by atoms with Crippen LogP contribution < -0.4 is 10.6 Å². The Hall–Kier alpha value is -1.50. The van der Waals surface area contributed by atoms with Gasteiger partial charge in [0.15, 0.2) is 5.82 Å². The first kappa shape index (κ1) is 14.4. The predicted molar refractivity (Wildman–Crippen MR) is 74.4 cm³/mol. The molecule has 21 heavy (non-hydrogen) atoms. The fraction of sp³-hybridized carbons (Fsp3) is 0.714. The number of hydrogen-bond acceptors (Lipinski definition) is 3. The summed E-state index contributed by atoms with van der Waals surface area (Å²) in [4.78, 5) is 11.9. The van der Waals surface area contributed by atoms with E-state index in [4.69, 9.17) is 0 Å². The Kier molecular flexibility index (Phi) is 3.93. The molecular weight excluding hydrogens is 278 g/mol. The van der Waals surface area contributed by atoms with Gasteiger partial charge in [0.2, 0.25) is 5.91 Å². The summed E-state index contributed by atoms with van der Waals surface area (Å²) in [7, 11) is 0. The van der Waals surface area contributed by atoms with Crippen molar-refractivity contribution in [3.8, 4) is 0 Å². The van der Waals surface area contributed by atoms with E-state index in [1.807, 2.05) is 6.07 Å². The maximum absolute atomic E-state index is 13.1. The molecule has 1 aliphatic heterocycles. The lowest BCUT2D eigenvalue weighted by atomic mass is 9.87. The van der Waals surface area contributed by atoms with Gasteiger partial charge >= 0.3 is 0 Å². The van der Waals surface area contributed by atoms with Crippen LogP contribution in [0.1, 0.15) is 50.1 Å². The Labute approximate surface area is 121 Å². The summed E-state index contributed by atoms with van der Waals surface area (Å²) in [5.74, 6) is -2.38. The number of anilines is 1. The summed E-state index contributed by atoms with van der Waals surface area (Å²) in [6, 6.07) is 0.968. The van der Waals surface area contributed by atoms with Crippen LogP contribution >= 0.6 is 0 Å². The van der Waals surface area contributed by atoms with Gasteiger partial charge in [-0.25, -0.2) is 8.78 Å². The zero-order valence-electron chi connectivity index (χ0n) is 11.8. The highest BCUT2D eigenvalue weighted by Crippen LogP contribution is 2.32. The average molecular weight is 298 g/mol. The van der Waals surface area contributed by atoms with Gasteiger partial charge in [-0.3, -0.25) is 15.2 Å². The first-order valence-electron chi connectivity index (χ1n) is 7.51. The van der Waals surface area contributed by atoms with Crippen LogP contribution in [0.3, 0.4) is 0 Å². The van der Waals surface area contributed by atoms with Gasteiger partial charge in [-0.1, -0.05) is 19.3 Å². The van der Waals surface area contributed by atoms with Crippen molar-refractivity contribution in [3.63, 3.8) is 0 Å². The number of alkyl halides is 2. The van der Waals surface area contributed by atoms with Crippen LogP contribution in [0.5, 0.6) is 0 Å². The Morgan fingerprint density at radius 3 is 2.76 bits per heavy atom. The van der Waals surface area contributed by atoms with Crippen LogP contribution in [0.15, 0.2) is 6.07 Å². The van der Waals surface area contributed by atoms with Crippen LogP contribution in [0.25, 0.3) is 0 Å². The monoisotopic (exact) mass is 298 g/mol. The van der Waals surface area contributed by atoms with E-state index in [9.17, 15) is 13.6 Å². The fourth-order valence-electron chi connectivity index (χ4n) is 3.14. The molecule has 116 valence electrons. The average Bonchev–Trinajstić information content (AvgIpc) is 3.06. The molecule has 0 bridgehead atoms. The molecule has 1 unspecified atom stereocenters. The van der Waals surface area contributed by atoms with Gasteiger partial charge < -0.3 is 5.32 Å². The summed E-state index contributed by atoms with van der Waals surface area (Å²) in [5.41, 5.74) is 1.02. The third-order valence-electron chi connectivity index (χ3n) is 4.32. The number of aromatic amines is 1. The smallest absolute Gasteiger partial charge is 0.262 e. The summed E-state index contributed by atoms with van der Waals surface area (Å²) >= 11 is 0. The number of amides is 1. The SMILES string of the molecule is O=C(Nc1cc(C2CCCCC2)[nH]n1)C1CC(F)(F)CN1. The second kappa shape index (κ2) is 5.71. The molecule has 1 saturated carbocycles. The standard InChI is InChI=1S/C14H20F2N4O/c15-14(16)7-11(17-8-14)13(21)18-12-6-10(19-20-12)9-4-2-1-3-5-9/h6,9,11,17H,1-5,7-8H2,(H2,18,19,20,21). The van der Waals surface area contributed by atoms with Crippen molar-refractivity contribution in [2.75, 3.05) is 11.9 Å². The lowest BCUT2D eigenvalue weighted by molar-refractivity contribution is -0.118. The normalized spacial score (nSPS) is 25.9. The van der Waals surface area contributed by atoms with Gasteiger partial charge in [-0.2, -0.15) is 5.10 Å². The Balaban J connectivity index is 1.58. The minimum absolute atomic E-state index is 0.414. The van der Waals surface area contributed by atoms with Gasteiger partial charge in [-0.15, -0.1) is 0 Å². The van der Waals surface area contributed by atoms with E-state index in [-0.39, 0.29) is 0 Å². The van der Waals surface area contributed by atoms with Crippen molar-refractivity contribution in [2.24, 2.45) is 0 Å². The van der Waals surface area contributed by atoms with Crippen molar-refractivity contribution >= 4 is 11.7 Å². The van der Waals surface area contributed by atoms with E-state index in [0.717, 1.165) is 18.5 Å². The van der Waals surface area contributed by atoms with Crippen molar-refractivity contribution in [2.45, 2.75) is 56.4 Å². The van der Waals surface area contributed by atoms with Crippen LogP contribution in [0.4, 0.5) is 14.6 Å². The molecule has 1 aliphatic carbocycles. The number of H-pyrrole nitrogens is 1. The van der Waals surface area contributed by atoms with Crippen LogP contribution in [0.2, 0.25) is 0 Å². The topological polar surface area (TPSA) is 69.8 Å². The minimum Gasteiger partial charge on any atom is -0.308 e. The van der Waals surface area contributed by atoms with E-state index in [1.54, 1.807) is 0 Å². The maximum atomic E-state index is 13.1. The third kappa shape index (κ3) is 3.40. The minimum atomic E-state index is -2.80. The molecule has 5 nitrogen and oxygen atoms in total. The summed E-state index contributed by atoms with van der Waals surface area (Å²) in [6.45, 7) is -0.445. The molecule has 0 aromatic carbocycles. The predicted octanol–water partition coefficient (Wildman–Crippen LogP) is 2.39. The first-order valence-corrected chi connectivity index (χ1v) is 7.51. The lowest BCUT2D eigenvalue weighted by Crippen LogP contribution is -2.35. The molecule has 2 heterocycles. The number of aromatic nitrogens is 2. The Morgan fingerprint density at radius 1 is 1.33 bits per heavy atom. The van der Waals surface area contributed by atoms with Crippen molar-refractivity contribution in [1.29, 1.82) is 0 Å². The number of carbonyl (C=O) groups excluding carboxylic acids is 1. The summed E-state index contributed by atoms with van der Waals surface area (Å²) < 4.78 is 26.2. The lowest BCUT2D eigenvalue weighted by Gasteiger charge is -2.19. The van der Waals surface area contributed by atoms with Gasteiger partial charge in [0.1, 0.15) is 0 Å². The number of carbonyl (C=O) groups is 1. The first-order chi connectivity index (χ1) is 10.0. The molecule has 2 aliphatic rings. The van der Waals surface area contributed by atoms with E-state index in [0.29, 0.717) is 11.7 Å². The molecular formula is C14H20F2N4O. The van der Waals surface area contributed by atoms with Crippen LogP contribution in [-0.4, -0.2) is 34.6 Å². The molecule has 3 N–H and O–H groups in total. The van der Waals surface area contributed by atoms with Crippen LogP contribution in [-0.2, 0) is 4.79 Å². The van der Waals surface area contributed by atoms with Gasteiger partial charge in [0, 0.05) is 24.1 Å². The summed E-state index contributed by atoms with van der Waals surface area (Å²) in [6.07, 6.45) is 5.51. The van der Waals surface area contributed by atoms with Gasteiger partial charge in [0.25, 0.3) is 5.92 Å². The Bertz CT molecular complexity index is 511. The molecule has 1 saturated heterocycles. The zero-order chi connectivity index (χ0) is 14.9. The second-order valence-corrected chi connectivity index (χ2v) is 6.03. The highest BCUT2D eigenvalue weighted by atomic mass is 19.3. The van der Waals surface area contributed by atoms with E-state index >= 15 is 0 Å². The zero-order valence-corrected chi connectivity index (χ0v) is 11.8. The largest absolute Gasteiger partial charge is 0.308 e. The molecule has 1 amide bonds. The molecule has 1 atom stereocenters. The number of rotatable bonds is 3. The highest BCUT2D eigenvalue weighted by Gasteiger charge is 2.42. The van der Waals surface area contributed by atoms with Crippen molar-refractivity contribution in [1.82, 2.24) is 15.5 Å². The number of halogens is 2. The van der Waals surface area contributed by atoms with E-state index in [1.165, 1.54) is 19.3 Å². The molecule has 0 spiro atoms. The molecule has 3 rings (SSSR count). The maximum Gasteiger partial charge on any atom is 0.262 e. The molecule has 1 aromatic heterocycles. The Morgan fingerprint density at radius 2 is 2.10 bits per heavy atom.